The zero-order chi connectivity index (χ0) is 20.3. The van der Waals surface area contributed by atoms with Crippen molar-refractivity contribution in [2.75, 3.05) is 0 Å². The van der Waals surface area contributed by atoms with Crippen LogP contribution in [0.25, 0.3) is 0 Å². The summed E-state index contributed by atoms with van der Waals surface area (Å²) in [7, 11) is -9.74. The Bertz CT molecular complexity index is 731. The minimum atomic E-state index is -4.93. The first-order chi connectivity index (χ1) is 12.6. The molecule has 1 aromatic carbocycles. The lowest BCUT2D eigenvalue weighted by atomic mass is 10.1. The molecular formula is C17H28O8S2. The quantitative estimate of drug-likeness (QED) is 0.342. The fourth-order valence-corrected chi connectivity index (χ4v) is 4.04. The summed E-state index contributed by atoms with van der Waals surface area (Å²) in [6.07, 6.45) is 4.90. The highest BCUT2D eigenvalue weighted by Gasteiger charge is 2.37. The summed E-state index contributed by atoms with van der Waals surface area (Å²) in [6, 6.07) is 7.77. The van der Waals surface area contributed by atoms with E-state index >= 15 is 0 Å². The molecule has 0 fully saturated rings. The van der Waals surface area contributed by atoms with Gasteiger partial charge < -0.3 is 4.74 Å². The zero-order valence-corrected chi connectivity index (χ0v) is 17.0. The first-order valence-electron chi connectivity index (χ1n) is 8.97. The molecule has 0 saturated heterocycles. The Hall–Kier alpha value is -1.20. The lowest BCUT2D eigenvalue weighted by molar-refractivity contribution is 0.0815. The van der Waals surface area contributed by atoms with Crippen molar-refractivity contribution in [1.82, 2.24) is 0 Å². The Kier molecular flexibility index (Phi) is 10.2. The third kappa shape index (κ3) is 10.6. The fraction of sp³-hybridized carbons (Fsp3) is 0.647. The van der Waals surface area contributed by atoms with Crippen molar-refractivity contribution in [2.24, 2.45) is 0 Å². The Morgan fingerprint density at radius 2 is 1.44 bits per heavy atom. The van der Waals surface area contributed by atoms with Crippen LogP contribution in [-0.2, 0) is 24.7 Å². The molecule has 1 rings (SSSR count). The molecule has 0 aromatic heterocycles. The van der Waals surface area contributed by atoms with Crippen LogP contribution in [0.1, 0.15) is 58.3 Å². The van der Waals surface area contributed by atoms with Crippen LogP contribution in [-0.4, -0.2) is 37.5 Å². The first-order valence-corrected chi connectivity index (χ1v) is 11.8. The largest absolute Gasteiger partial charge is 0.469 e. The molecule has 0 heterocycles. The number of ether oxygens (including phenoxy) is 1. The summed E-state index contributed by atoms with van der Waals surface area (Å²) in [5.74, 6) is 0.114. The maximum atomic E-state index is 11.7. The molecule has 27 heavy (non-hydrogen) atoms. The van der Waals surface area contributed by atoms with Crippen LogP contribution >= 0.6 is 0 Å². The highest BCUT2D eigenvalue weighted by Crippen LogP contribution is 2.22. The number of unbranched alkanes of at least 4 members (excludes halogenated alkanes) is 6. The minimum Gasteiger partial charge on any atom is -0.469 e. The molecule has 0 aliphatic rings. The van der Waals surface area contributed by atoms with Crippen LogP contribution in [0.4, 0.5) is 0 Å². The summed E-state index contributed by atoms with van der Waals surface area (Å²) in [6.45, 7) is 2.11. The van der Waals surface area contributed by atoms with Crippen LogP contribution in [0, 0.1) is 0 Å². The molecule has 0 aliphatic heterocycles. The number of hydrogen-bond acceptors (Lipinski definition) is 6. The average molecular weight is 425 g/mol. The average Bonchev–Trinajstić information content (AvgIpc) is 2.57. The van der Waals surface area contributed by atoms with Gasteiger partial charge in [-0.2, -0.15) is 16.8 Å². The predicted molar refractivity (Wildman–Crippen MR) is 101 cm³/mol. The second kappa shape index (κ2) is 11.6. The highest BCUT2D eigenvalue weighted by molar-refractivity contribution is 7.86. The second-order valence-corrected chi connectivity index (χ2v) is 8.83. The van der Waals surface area contributed by atoms with E-state index in [9.17, 15) is 21.4 Å². The standard InChI is InChI=1S/C17H28O8S2/c1-2-3-4-5-6-7-11-14-16(25-27(21,22)23)17(26(18,19)20)24-15-12-9-8-10-13-15/h8-10,12-13,16-17H,2-7,11,14H2,1H3,(H,18,19,20)(H,21,22,23). The van der Waals surface area contributed by atoms with Crippen molar-refractivity contribution in [3.8, 4) is 5.75 Å². The predicted octanol–water partition coefficient (Wildman–Crippen LogP) is 3.61. The molecule has 0 saturated carbocycles. The Morgan fingerprint density at radius 3 is 1.96 bits per heavy atom. The lowest BCUT2D eigenvalue weighted by Crippen LogP contribution is -2.41. The van der Waals surface area contributed by atoms with E-state index in [0.717, 1.165) is 38.5 Å². The maximum absolute atomic E-state index is 11.7. The van der Waals surface area contributed by atoms with Gasteiger partial charge in [0.05, 0.1) is 0 Å². The highest BCUT2D eigenvalue weighted by atomic mass is 32.3. The number of para-hydroxylation sites is 1. The van der Waals surface area contributed by atoms with E-state index in [1.165, 1.54) is 12.1 Å². The second-order valence-electron chi connectivity index (χ2n) is 6.29. The molecule has 0 aliphatic carbocycles. The first kappa shape index (κ1) is 23.8. The summed E-state index contributed by atoms with van der Waals surface area (Å²) >= 11 is 0. The van der Waals surface area contributed by atoms with Crippen LogP contribution < -0.4 is 4.74 Å². The van der Waals surface area contributed by atoms with Gasteiger partial charge >= 0.3 is 20.5 Å². The topological polar surface area (TPSA) is 127 Å². The zero-order valence-electron chi connectivity index (χ0n) is 15.4. The van der Waals surface area contributed by atoms with Crippen molar-refractivity contribution >= 4 is 20.5 Å². The molecule has 156 valence electrons. The van der Waals surface area contributed by atoms with E-state index in [1.807, 2.05) is 0 Å². The molecule has 8 nitrogen and oxygen atoms in total. The molecule has 2 N–H and O–H groups in total. The molecule has 0 bridgehead atoms. The van der Waals surface area contributed by atoms with Gasteiger partial charge in [-0.15, -0.1) is 0 Å². The summed E-state index contributed by atoms with van der Waals surface area (Å²) in [4.78, 5) is 0. The fourth-order valence-electron chi connectivity index (χ4n) is 2.65. The smallest absolute Gasteiger partial charge is 0.397 e. The van der Waals surface area contributed by atoms with E-state index in [0.29, 0.717) is 6.42 Å². The van der Waals surface area contributed by atoms with Gasteiger partial charge in [0.15, 0.2) is 0 Å². The van der Waals surface area contributed by atoms with Crippen molar-refractivity contribution in [2.45, 2.75) is 69.8 Å². The maximum Gasteiger partial charge on any atom is 0.397 e. The third-order valence-corrected chi connectivity index (χ3v) is 5.41. The van der Waals surface area contributed by atoms with E-state index in [4.69, 9.17) is 9.29 Å². The number of rotatable bonds is 14. The molecule has 0 spiro atoms. The minimum absolute atomic E-state index is 0.0230. The molecule has 2 atom stereocenters. The van der Waals surface area contributed by atoms with Gasteiger partial charge in [0.25, 0.3) is 5.44 Å². The van der Waals surface area contributed by atoms with Gasteiger partial charge in [0.2, 0.25) is 0 Å². The van der Waals surface area contributed by atoms with Gasteiger partial charge in [-0.05, 0) is 18.6 Å². The van der Waals surface area contributed by atoms with Crippen molar-refractivity contribution in [3.63, 3.8) is 0 Å². The van der Waals surface area contributed by atoms with Crippen LogP contribution in [0.5, 0.6) is 5.75 Å². The summed E-state index contributed by atoms with van der Waals surface area (Å²) in [5, 5.41) is 0. The van der Waals surface area contributed by atoms with Gasteiger partial charge in [-0.1, -0.05) is 70.1 Å². The van der Waals surface area contributed by atoms with Gasteiger partial charge in [0.1, 0.15) is 11.9 Å². The summed E-state index contributed by atoms with van der Waals surface area (Å²) < 4.78 is 74.0. The van der Waals surface area contributed by atoms with E-state index in [1.54, 1.807) is 18.2 Å². The van der Waals surface area contributed by atoms with Gasteiger partial charge in [-0.25, -0.2) is 4.18 Å². The van der Waals surface area contributed by atoms with E-state index < -0.39 is 32.1 Å². The van der Waals surface area contributed by atoms with Crippen LogP contribution in [0.3, 0.4) is 0 Å². The van der Waals surface area contributed by atoms with Crippen LogP contribution in [0.15, 0.2) is 30.3 Å². The van der Waals surface area contributed by atoms with Gasteiger partial charge in [0, 0.05) is 0 Å². The molecule has 0 radical (unpaired) electrons. The number of hydrogen-bond donors (Lipinski definition) is 2. The Labute approximate surface area is 161 Å². The molecule has 2 unspecified atom stereocenters. The molecule has 10 heteroatoms. The molecule has 0 amide bonds. The van der Waals surface area contributed by atoms with Crippen molar-refractivity contribution in [3.05, 3.63) is 30.3 Å². The monoisotopic (exact) mass is 424 g/mol. The van der Waals surface area contributed by atoms with E-state index in [2.05, 4.69) is 11.1 Å². The van der Waals surface area contributed by atoms with E-state index in [-0.39, 0.29) is 12.2 Å². The van der Waals surface area contributed by atoms with Gasteiger partial charge in [-0.3, -0.25) is 9.11 Å². The third-order valence-electron chi connectivity index (χ3n) is 3.93. The Morgan fingerprint density at radius 1 is 0.889 bits per heavy atom. The Balaban J connectivity index is 2.80. The molecule has 1 aromatic rings. The van der Waals surface area contributed by atoms with Crippen LogP contribution in [0.2, 0.25) is 0 Å². The SMILES string of the molecule is CCCCCCCCCC(OS(=O)(=O)O)C(Oc1ccccc1)S(=O)(=O)O. The normalized spacial score (nSPS) is 14.6. The van der Waals surface area contributed by atoms with Crippen molar-refractivity contribution in [1.29, 1.82) is 0 Å². The number of benzene rings is 1. The van der Waals surface area contributed by atoms with Crippen molar-refractivity contribution < 1.29 is 34.9 Å². The molecular weight excluding hydrogens is 396 g/mol. The summed E-state index contributed by atoms with van der Waals surface area (Å²) in [5.41, 5.74) is -1.98. The lowest BCUT2D eigenvalue weighted by Gasteiger charge is -2.24.